The van der Waals surface area contributed by atoms with Crippen molar-refractivity contribution >= 4 is 23.2 Å². The number of nitrogens with one attached hydrogen (secondary N) is 1. The summed E-state index contributed by atoms with van der Waals surface area (Å²) >= 11 is 6.06. The lowest BCUT2D eigenvalue weighted by Gasteiger charge is -2.16. The molecule has 158 valence electrons. The lowest BCUT2D eigenvalue weighted by atomic mass is 9.91. The van der Waals surface area contributed by atoms with E-state index in [1.165, 1.54) is 22.8 Å². The summed E-state index contributed by atoms with van der Waals surface area (Å²) in [6, 6.07) is 12.5. The predicted octanol–water partition coefficient (Wildman–Crippen LogP) is 4.26. The highest BCUT2D eigenvalue weighted by molar-refractivity contribution is 6.30. The molecule has 0 bridgehead atoms. The van der Waals surface area contributed by atoms with Crippen molar-refractivity contribution in [3.63, 3.8) is 0 Å². The maximum absolute atomic E-state index is 14.3. The number of fused-ring (bicyclic) bond motifs is 3. The topological polar surface area (TPSA) is 63.5 Å². The largest absolute Gasteiger partial charge is 0.356 e. The van der Waals surface area contributed by atoms with Crippen LogP contribution in [0.3, 0.4) is 0 Å². The molecule has 5 nitrogen and oxygen atoms in total. The predicted molar refractivity (Wildman–Crippen MR) is 120 cm³/mol. The number of aliphatic imine (C=N–C) groups is 1. The van der Waals surface area contributed by atoms with Crippen LogP contribution in [0.2, 0.25) is 5.02 Å². The van der Waals surface area contributed by atoms with Gasteiger partial charge in [-0.1, -0.05) is 29.8 Å². The summed E-state index contributed by atoms with van der Waals surface area (Å²) < 4.78 is 15.8. The Hall–Kier alpha value is -3.25. The zero-order valence-electron chi connectivity index (χ0n) is 17.2. The number of aromatic nitrogens is 1. The molecule has 0 spiro atoms. The van der Waals surface area contributed by atoms with Crippen LogP contribution in [-0.2, 0) is 11.8 Å². The normalized spacial score (nSPS) is 14.8. The highest BCUT2D eigenvalue weighted by Crippen LogP contribution is 2.38. The summed E-state index contributed by atoms with van der Waals surface area (Å²) in [5, 5.41) is 3.37. The fourth-order valence-corrected chi connectivity index (χ4v) is 3.95. The minimum atomic E-state index is -0.600. The van der Waals surface area contributed by atoms with Gasteiger partial charge in [0.1, 0.15) is 5.82 Å². The molecule has 0 fully saturated rings. The van der Waals surface area contributed by atoms with Crippen molar-refractivity contribution in [1.29, 1.82) is 0 Å². The zero-order valence-corrected chi connectivity index (χ0v) is 17.9. The van der Waals surface area contributed by atoms with Gasteiger partial charge >= 0.3 is 0 Å². The summed E-state index contributed by atoms with van der Waals surface area (Å²) in [6.45, 7) is 2.34. The van der Waals surface area contributed by atoms with Gasteiger partial charge < -0.3 is 9.88 Å². The van der Waals surface area contributed by atoms with Crippen LogP contribution in [0.4, 0.5) is 4.39 Å². The molecule has 1 aliphatic rings. The van der Waals surface area contributed by atoms with Crippen LogP contribution in [0, 0.1) is 5.82 Å². The van der Waals surface area contributed by atoms with Crippen LogP contribution in [0.15, 0.2) is 64.5 Å². The third-order valence-electron chi connectivity index (χ3n) is 5.30. The van der Waals surface area contributed by atoms with E-state index in [1.54, 1.807) is 31.4 Å². The zero-order chi connectivity index (χ0) is 22.1. The Labute approximate surface area is 184 Å². The second-order valence-electron chi connectivity index (χ2n) is 7.44. The number of aryl methyl sites for hydroxylation is 1. The molecule has 0 radical (unpaired) electrons. The first-order valence-corrected chi connectivity index (χ1v) is 10.4. The van der Waals surface area contributed by atoms with Crippen LogP contribution in [0.25, 0.3) is 11.1 Å². The summed E-state index contributed by atoms with van der Waals surface area (Å²) in [5.41, 5.74) is 3.84. The molecule has 0 saturated carbocycles. The fourth-order valence-electron chi connectivity index (χ4n) is 3.83. The summed E-state index contributed by atoms with van der Waals surface area (Å²) in [6.07, 6.45) is 1.79. The Balaban J connectivity index is 2.01. The second-order valence-corrected chi connectivity index (χ2v) is 7.88. The van der Waals surface area contributed by atoms with Crippen molar-refractivity contribution in [3.05, 3.63) is 92.6 Å². The van der Waals surface area contributed by atoms with Gasteiger partial charge in [0.05, 0.1) is 18.2 Å². The Morgan fingerprint density at radius 2 is 1.87 bits per heavy atom. The van der Waals surface area contributed by atoms with Crippen LogP contribution in [0.1, 0.15) is 36.1 Å². The SMILES string of the molecule is CCNC(=O)C[C@@H]1N=C(c2ccc(Cl)cc2)c2cc(F)ccc2-c2cn(C)c(=O)cc21. The standard InChI is InChI=1S/C24H21ClFN3O2/c1-3-27-22(30)12-21-18-11-23(31)29(2)13-20(18)17-9-8-16(26)10-19(17)24(28-21)14-4-6-15(25)7-5-14/h4-11,13,21H,3,12H2,1-2H3,(H,27,30)/t21-/m0/s1. The molecule has 1 aliphatic heterocycles. The molecule has 1 atom stereocenters. The molecule has 4 rings (SSSR count). The molecule has 31 heavy (non-hydrogen) atoms. The Bertz CT molecular complexity index is 1250. The highest BCUT2D eigenvalue weighted by Gasteiger charge is 2.27. The Morgan fingerprint density at radius 1 is 1.13 bits per heavy atom. The number of halogens is 2. The number of pyridine rings is 1. The quantitative estimate of drug-likeness (QED) is 0.662. The maximum atomic E-state index is 14.3. The summed E-state index contributed by atoms with van der Waals surface area (Å²) in [5.74, 6) is -0.565. The minimum Gasteiger partial charge on any atom is -0.356 e. The van der Waals surface area contributed by atoms with Crippen molar-refractivity contribution in [2.24, 2.45) is 12.0 Å². The number of carbonyl (C=O) groups excluding carboxylic acids is 1. The fraction of sp³-hybridized carbons (Fsp3) is 0.208. The van der Waals surface area contributed by atoms with E-state index in [4.69, 9.17) is 16.6 Å². The van der Waals surface area contributed by atoms with E-state index >= 15 is 0 Å². The first kappa shape index (κ1) is 21.0. The van der Waals surface area contributed by atoms with Gasteiger partial charge in [0.2, 0.25) is 5.91 Å². The average molecular weight is 438 g/mol. The van der Waals surface area contributed by atoms with Gasteiger partial charge in [0, 0.05) is 47.6 Å². The molecule has 2 heterocycles. The van der Waals surface area contributed by atoms with Crippen LogP contribution < -0.4 is 10.9 Å². The van der Waals surface area contributed by atoms with E-state index in [0.717, 1.165) is 16.7 Å². The van der Waals surface area contributed by atoms with Crippen LogP contribution >= 0.6 is 11.6 Å². The van der Waals surface area contributed by atoms with E-state index in [9.17, 15) is 14.0 Å². The van der Waals surface area contributed by atoms with E-state index in [2.05, 4.69) is 5.32 Å². The number of carbonyl (C=O) groups is 1. The first-order valence-electron chi connectivity index (χ1n) is 9.98. The van der Waals surface area contributed by atoms with Gasteiger partial charge in [-0.15, -0.1) is 0 Å². The van der Waals surface area contributed by atoms with Gasteiger partial charge in [-0.05, 0) is 42.3 Å². The van der Waals surface area contributed by atoms with E-state index in [0.29, 0.717) is 28.4 Å². The number of nitrogens with zero attached hydrogens (tertiary/aromatic N) is 2. The van der Waals surface area contributed by atoms with Gasteiger partial charge in [0.25, 0.3) is 5.56 Å². The second kappa shape index (κ2) is 8.47. The van der Waals surface area contributed by atoms with Crippen molar-refractivity contribution in [2.45, 2.75) is 19.4 Å². The van der Waals surface area contributed by atoms with Crippen molar-refractivity contribution in [2.75, 3.05) is 6.54 Å². The molecular formula is C24H21ClFN3O2. The molecule has 1 aromatic heterocycles. The monoisotopic (exact) mass is 437 g/mol. The van der Waals surface area contributed by atoms with E-state index < -0.39 is 11.9 Å². The summed E-state index contributed by atoms with van der Waals surface area (Å²) in [7, 11) is 1.66. The molecule has 2 aromatic carbocycles. The van der Waals surface area contributed by atoms with Crippen molar-refractivity contribution in [1.82, 2.24) is 9.88 Å². The molecule has 1 amide bonds. The molecule has 1 N–H and O–H groups in total. The smallest absolute Gasteiger partial charge is 0.250 e. The number of hydrogen-bond donors (Lipinski definition) is 1. The molecular weight excluding hydrogens is 417 g/mol. The average Bonchev–Trinajstić information content (AvgIpc) is 2.85. The Kier molecular flexibility index (Phi) is 5.74. The van der Waals surface area contributed by atoms with Gasteiger partial charge in [-0.25, -0.2) is 4.39 Å². The lowest BCUT2D eigenvalue weighted by molar-refractivity contribution is -0.121. The maximum Gasteiger partial charge on any atom is 0.250 e. The van der Waals surface area contributed by atoms with E-state index in [1.807, 2.05) is 19.1 Å². The molecule has 0 unspecified atom stereocenters. The first-order chi connectivity index (χ1) is 14.9. The van der Waals surface area contributed by atoms with Crippen molar-refractivity contribution < 1.29 is 9.18 Å². The minimum absolute atomic E-state index is 0.0710. The number of hydrogen-bond acceptors (Lipinski definition) is 3. The third-order valence-corrected chi connectivity index (χ3v) is 5.55. The van der Waals surface area contributed by atoms with Gasteiger partial charge in [-0.3, -0.25) is 14.6 Å². The van der Waals surface area contributed by atoms with Crippen molar-refractivity contribution in [3.8, 4) is 11.1 Å². The molecule has 7 heteroatoms. The molecule has 0 aliphatic carbocycles. The number of rotatable bonds is 4. The van der Waals surface area contributed by atoms with E-state index in [-0.39, 0.29) is 17.9 Å². The highest BCUT2D eigenvalue weighted by atomic mass is 35.5. The van der Waals surface area contributed by atoms with Crippen LogP contribution in [-0.4, -0.2) is 22.7 Å². The molecule has 3 aromatic rings. The number of benzene rings is 2. The van der Waals surface area contributed by atoms with Gasteiger partial charge in [0.15, 0.2) is 0 Å². The number of amides is 1. The van der Waals surface area contributed by atoms with Gasteiger partial charge in [-0.2, -0.15) is 0 Å². The summed E-state index contributed by atoms with van der Waals surface area (Å²) in [4.78, 5) is 29.8. The lowest BCUT2D eigenvalue weighted by Crippen LogP contribution is -2.25. The van der Waals surface area contributed by atoms with Crippen LogP contribution in [0.5, 0.6) is 0 Å². The molecule has 0 saturated heterocycles. The third kappa shape index (κ3) is 4.16. The Morgan fingerprint density at radius 3 is 2.58 bits per heavy atom.